The number of hydrogen-bond acceptors (Lipinski definition) is 2. The van der Waals surface area contributed by atoms with E-state index in [9.17, 15) is 0 Å². The van der Waals surface area contributed by atoms with Gasteiger partial charge in [-0.25, -0.2) is 0 Å². The lowest BCUT2D eigenvalue weighted by molar-refractivity contribution is 0.350. The first-order valence-electron chi connectivity index (χ1n) is 7.02. The predicted octanol–water partition coefficient (Wildman–Crippen LogP) is 2.57. The van der Waals surface area contributed by atoms with Gasteiger partial charge >= 0.3 is 0 Å². The van der Waals surface area contributed by atoms with Crippen LogP contribution in [0.3, 0.4) is 0 Å². The Morgan fingerprint density at radius 2 is 1.30 bits per heavy atom. The summed E-state index contributed by atoms with van der Waals surface area (Å²) in [6, 6.07) is 15.0. The Morgan fingerprint density at radius 1 is 0.783 bits per heavy atom. The maximum absolute atomic E-state index is 8.76. The molecule has 3 N–H and O–H groups in total. The molecule has 0 saturated heterocycles. The molecule has 0 heterocycles. The van der Waals surface area contributed by atoms with Crippen molar-refractivity contribution < 1.29 is 5.11 Å². The quantitative estimate of drug-likeness (QED) is 0.580. The summed E-state index contributed by atoms with van der Waals surface area (Å²) in [6.45, 7) is -0.167. The lowest BCUT2D eigenvalue weighted by Gasteiger charge is -1.94. The van der Waals surface area contributed by atoms with Crippen LogP contribution in [0.4, 0.5) is 5.69 Å². The number of aliphatic hydroxyl groups is 1. The average molecular weight is 297 g/mol. The van der Waals surface area contributed by atoms with Crippen LogP contribution in [-0.4, -0.2) is 11.7 Å². The summed E-state index contributed by atoms with van der Waals surface area (Å²) in [5.74, 6) is 17.3. The third kappa shape index (κ3) is 5.14. The summed E-state index contributed by atoms with van der Waals surface area (Å²) in [7, 11) is 0. The Balaban J connectivity index is 2.09. The molecule has 0 bridgehead atoms. The fourth-order valence-corrected chi connectivity index (χ4v) is 1.77. The van der Waals surface area contributed by atoms with Crippen molar-refractivity contribution in [2.24, 2.45) is 0 Å². The molecule has 2 heteroatoms. The van der Waals surface area contributed by atoms with E-state index in [1.165, 1.54) is 0 Å². The largest absolute Gasteiger partial charge is 0.398 e. The van der Waals surface area contributed by atoms with Crippen LogP contribution < -0.4 is 5.73 Å². The molecule has 0 atom stereocenters. The first-order valence-corrected chi connectivity index (χ1v) is 7.02. The van der Waals surface area contributed by atoms with Crippen LogP contribution in [0.15, 0.2) is 60.7 Å². The van der Waals surface area contributed by atoms with Crippen molar-refractivity contribution in [3.8, 4) is 35.5 Å². The van der Waals surface area contributed by atoms with E-state index in [0.29, 0.717) is 5.69 Å². The van der Waals surface area contributed by atoms with Gasteiger partial charge in [0, 0.05) is 22.4 Å². The van der Waals surface area contributed by atoms with Gasteiger partial charge in [0.2, 0.25) is 0 Å². The number of para-hydroxylation sites is 1. The molecule has 0 aromatic heterocycles. The van der Waals surface area contributed by atoms with Crippen molar-refractivity contribution in [1.82, 2.24) is 0 Å². The number of aliphatic hydroxyl groups excluding tert-OH is 1. The third-order valence-corrected chi connectivity index (χ3v) is 2.85. The van der Waals surface area contributed by atoms with Gasteiger partial charge in [0.1, 0.15) is 6.61 Å². The highest BCUT2D eigenvalue weighted by Gasteiger charge is 1.93. The molecule has 2 rings (SSSR count). The van der Waals surface area contributed by atoms with Gasteiger partial charge in [-0.05, 0) is 36.4 Å². The minimum Gasteiger partial charge on any atom is -0.398 e. The monoisotopic (exact) mass is 297 g/mol. The SMILES string of the molecule is Nc1ccccc1C#C/C=C\C#Cc1ccccc1C#CCO. The van der Waals surface area contributed by atoms with Crippen LogP contribution in [0.25, 0.3) is 0 Å². The molecule has 0 radical (unpaired) electrons. The van der Waals surface area contributed by atoms with Gasteiger partial charge < -0.3 is 10.8 Å². The molecule has 2 aromatic carbocycles. The molecule has 0 amide bonds. The molecule has 0 aliphatic rings. The lowest BCUT2D eigenvalue weighted by Crippen LogP contribution is -1.87. The molecule has 2 nitrogen and oxygen atoms in total. The van der Waals surface area contributed by atoms with Crippen molar-refractivity contribution in [3.63, 3.8) is 0 Å². The number of anilines is 1. The van der Waals surface area contributed by atoms with Crippen LogP contribution in [0.1, 0.15) is 16.7 Å². The zero-order chi connectivity index (χ0) is 16.3. The second kappa shape index (κ2) is 8.81. The van der Waals surface area contributed by atoms with E-state index in [4.69, 9.17) is 10.8 Å². The summed E-state index contributed by atoms with van der Waals surface area (Å²) < 4.78 is 0. The zero-order valence-corrected chi connectivity index (χ0v) is 12.5. The lowest BCUT2D eigenvalue weighted by atomic mass is 10.1. The van der Waals surface area contributed by atoms with Gasteiger partial charge in [-0.15, -0.1) is 0 Å². The maximum Gasteiger partial charge on any atom is 0.104 e. The van der Waals surface area contributed by atoms with Gasteiger partial charge in [-0.3, -0.25) is 0 Å². The molecule has 0 fully saturated rings. The minimum absolute atomic E-state index is 0.167. The topological polar surface area (TPSA) is 46.2 Å². The molecule has 0 saturated carbocycles. The Labute approximate surface area is 136 Å². The highest BCUT2D eigenvalue weighted by molar-refractivity contribution is 5.56. The molecule has 0 unspecified atom stereocenters. The number of nitrogens with two attached hydrogens (primary N) is 1. The Morgan fingerprint density at radius 3 is 1.91 bits per heavy atom. The van der Waals surface area contributed by atoms with Crippen molar-refractivity contribution in [1.29, 1.82) is 0 Å². The fourth-order valence-electron chi connectivity index (χ4n) is 1.77. The van der Waals surface area contributed by atoms with E-state index >= 15 is 0 Å². The maximum atomic E-state index is 8.76. The number of rotatable bonds is 0. The van der Waals surface area contributed by atoms with E-state index < -0.39 is 0 Å². The van der Waals surface area contributed by atoms with E-state index in [1.54, 1.807) is 12.2 Å². The minimum atomic E-state index is -0.167. The van der Waals surface area contributed by atoms with E-state index in [-0.39, 0.29) is 6.61 Å². The molecule has 2 aromatic rings. The third-order valence-electron chi connectivity index (χ3n) is 2.85. The normalized spacial score (nSPS) is 9.09. The number of benzene rings is 2. The highest BCUT2D eigenvalue weighted by Crippen LogP contribution is 2.08. The van der Waals surface area contributed by atoms with Crippen molar-refractivity contribution in [2.45, 2.75) is 0 Å². The first-order chi connectivity index (χ1) is 11.3. The Bertz CT molecular complexity index is 890. The average Bonchev–Trinajstić information content (AvgIpc) is 2.58. The van der Waals surface area contributed by atoms with E-state index in [1.807, 2.05) is 48.5 Å². The molecule has 110 valence electrons. The van der Waals surface area contributed by atoms with E-state index in [2.05, 4.69) is 35.5 Å². The van der Waals surface area contributed by atoms with Crippen LogP contribution in [0.2, 0.25) is 0 Å². The Hall–Kier alpha value is -3.38. The standard InChI is InChI=1S/C21H15NO/c22-21-16-8-7-14-20(21)13-4-2-1-3-10-18-11-5-6-12-19(18)15-9-17-23/h1-2,5-8,11-12,14,16,23H,17,22H2/b2-1-. The summed E-state index contributed by atoms with van der Waals surface area (Å²) in [5.41, 5.74) is 8.89. The summed E-state index contributed by atoms with van der Waals surface area (Å²) in [4.78, 5) is 0. The summed E-state index contributed by atoms with van der Waals surface area (Å²) in [6.07, 6.45) is 3.36. The van der Waals surface area contributed by atoms with Crippen molar-refractivity contribution >= 4 is 5.69 Å². The van der Waals surface area contributed by atoms with Crippen molar-refractivity contribution in [2.75, 3.05) is 12.3 Å². The highest BCUT2D eigenvalue weighted by atomic mass is 16.2. The number of hydrogen-bond donors (Lipinski definition) is 2. The molecule has 23 heavy (non-hydrogen) atoms. The van der Waals surface area contributed by atoms with Gasteiger partial charge in [-0.2, -0.15) is 0 Å². The van der Waals surface area contributed by atoms with Gasteiger partial charge in [0.15, 0.2) is 0 Å². The molecule has 0 aliphatic carbocycles. The smallest absolute Gasteiger partial charge is 0.104 e. The molecule has 0 spiro atoms. The fraction of sp³-hybridized carbons (Fsp3) is 0.0476. The zero-order valence-electron chi connectivity index (χ0n) is 12.5. The number of allylic oxidation sites excluding steroid dienone is 2. The predicted molar refractivity (Wildman–Crippen MR) is 94.2 cm³/mol. The van der Waals surface area contributed by atoms with Crippen LogP contribution in [-0.2, 0) is 0 Å². The van der Waals surface area contributed by atoms with Gasteiger partial charge in [-0.1, -0.05) is 59.8 Å². The van der Waals surface area contributed by atoms with Crippen LogP contribution >= 0.6 is 0 Å². The number of nitrogen functional groups attached to an aromatic ring is 1. The first kappa shape index (κ1) is 16.0. The summed E-state index contributed by atoms with van der Waals surface area (Å²) in [5, 5.41) is 8.76. The second-order valence-electron chi connectivity index (χ2n) is 4.46. The molecular formula is C21H15NO. The van der Waals surface area contributed by atoms with Crippen LogP contribution in [0.5, 0.6) is 0 Å². The van der Waals surface area contributed by atoms with Gasteiger partial charge in [0.25, 0.3) is 0 Å². The van der Waals surface area contributed by atoms with E-state index in [0.717, 1.165) is 16.7 Å². The summed E-state index contributed by atoms with van der Waals surface area (Å²) >= 11 is 0. The van der Waals surface area contributed by atoms with Gasteiger partial charge in [0.05, 0.1) is 0 Å². The van der Waals surface area contributed by atoms with Crippen molar-refractivity contribution in [3.05, 3.63) is 77.4 Å². The van der Waals surface area contributed by atoms with Crippen LogP contribution in [0, 0.1) is 35.5 Å². The molecular weight excluding hydrogens is 282 g/mol. The molecule has 0 aliphatic heterocycles. The Kier molecular flexibility index (Phi) is 6.13. The second-order valence-corrected chi connectivity index (χ2v) is 4.46.